The second kappa shape index (κ2) is 9.02. The zero-order valence-electron chi connectivity index (χ0n) is 16.0. The van der Waals surface area contributed by atoms with E-state index < -0.39 is 0 Å². The Morgan fingerprint density at radius 2 is 1.92 bits per heavy atom. The number of aliphatic hydroxyl groups excluding tert-OH is 1. The molecule has 2 aliphatic rings. The molecule has 0 bridgehead atoms. The molecule has 146 valence electrons. The topological polar surface area (TPSA) is 66.2 Å². The summed E-state index contributed by atoms with van der Waals surface area (Å²) in [4.78, 5) is 16.9. The maximum Gasteiger partial charge on any atom is 0.257 e. The molecule has 1 aromatic heterocycles. The molecular weight excluding hydrogens is 332 g/mol. The number of likely N-dealkylation sites (tertiary alicyclic amines) is 1. The highest BCUT2D eigenvalue weighted by atomic mass is 16.5. The van der Waals surface area contributed by atoms with Crippen molar-refractivity contribution in [1.29, 1.82) is 0 Å². The summed E-state index contributed by atoms with van der Waals surface area (Å²) in [6.45, 7) is 9.72. The largest absolute Gasteiger partial charge is 0.467 e. The normalized spacial score (nSPS) is 21.3. The Balaban J connectivity index is 1.49. The molecule has 0 aromatic carbocycles. The van der Waals surface area contributed by atoms with Crippen LogP contribution in [0.15, 0.2) is 16.7 Å². The van der Waals surface area contributed by atoms with Gasteiger partial charge in [0.1, 0.15) is 12.0 Å². The molecule has 3 heterocycles. The second-order valence-corrected chi connectivity index (χ2v) is 8.02. The molecule has 1 amide bonds. The number of carbonyl (C=O) groups excluding carboxylic acids is 1. The van der Waals surface area contributed by atoms with Crippen LogP contribution in [-0.2, 0) is 11.3 Å². The molecule has 1 N–H and O–H groups in total. The van der Waals surface area contributed by atoms with E-state index in [1.54, 1.807) is 6.26 Å². The number of rotatable bonds is 6. The molecule has 1 atom stereocenters. The Kier molecular flexibility index (Phi) is 6.73. The first-order valence-corrected chi connectivity index (χ1v) is 9.87. The third kappa shape index (κ3) is 5.09. The zero-order chi connectivity index (χ0) is 18.5. The molecule has 6 nitrogen and oxygen atoms in total. The fourth-order valence-electron chi connectivity index (χ4n) is 3.90. The highest BCUT2D eigenvalue weighted by Crippen LogP contribution is 2.25. The van der Waals surface area contributed by atoms with E-state index in [0.717, 1.165) is 57.9 Å². The van der Waals surface area contributed by atoms with Crippen LogP contribution in [0.25, 0.3) is 0 Å². The lowest BCUT2D eigenvalue weighted by molar-refractivity contribution is 0.0313. The average molecular weight is 364 g/mol. The highest BCUT2D eigenvalue weighted by molar-refractivity contribution is 5.94. The van der Waals surface area contributed by atoms with E-state index in [2.05, 4.69) is 18.7 Å². The Hall–Kier alpha value is -1.37. The van der Waals surface area contributed by atoms with Crippen molar-refractivity contribution in [2.24, 2.45) is 11.8 Å². The van der Waals surface area contributed by atoms with Gasteiger partial charge in [0.25, 0.3) is 5.91 Å². The van der Waals surface area contributed by atoms with Gasteiger partial charge in [0.05, 0.1) is 31.4 Å². The predicted molar refractivity (Wildman–Crippen MR) is 98.9 cm³/mol. The smallest absolute Gasteiger partial charge is 0.257 e. The summed E-state index contributed by atoms with van der Waals surface area (Å²) in [7, 11) is 0. The van der Waals surface area contributed by atoms with Gasteiger partial charge in [-0.15, -0.1) is 0 Å². The van der Waals surface area contributed by atoms with Gasteiger partial charge in [-0.3, -0.25) is 9.69 Å². The fourth-order valence-corrected chi connectivity index (χ4v) is 3.90. The minimum atomic E-state index is -0.249. The molecule has 0 aliphatic carbocycles. The Bertz CT molecular complexity index is 572. The van der Waals surface area contributed by atoms with Gasteiger partial charge in [-0.1, -0.05) is 13.8 Å². The monoisotopic (exact) mass is 364 g/mol. The number of hydrogen-bond donors (Lipinski definition) is 1. The van der Waals surface area contributed by atoms with Crippen LogP contribution in [-0.4, -0.2) is 66.3 Å². The van der Waals surface area contributed by atoms with Crippen molar-refractivity contribution < 1.29 is 19.1 Å². The molecule has 1 aromatic rings. The van der Waals surface area contributed by atoms with Gasteiger partial charge in [0, 0.05) is 26.2 Å². The van der Waals surface area contributed by atoms with Crippen molar-refractivity contribution in [1.82, 2.24) is 9.80 Å². The van der Waals surface area contributed by atoms with Crippen LogP contribution in [0.2, 0.25) is 0 Å². The number of furan rings is 1. The SMILES string of the molecule is CC(C)C[C@H](O)C1CCN(C(=O)c2coc(CN3CCOCC3)c2)CC1. The fraction of sp³-hybridized carbons (Fsp3) is 0.750. The number of aliphatic hydroxyl groups is 1. The maximum atomic E-state index is 12.7. The van der Waals surface area contributed by atoms with Crippen LogP contribution >= 0.6 is 0 Å². The lowest BCUT2D eigenvalue weighted by Crippen LogP contribution is -2.41. The molecule has 2 fully saturated rings. The van der Waals surface area contributed by atoms with Crippen molar-refractivity contribution >= 4 is 5.91 Å². The summed E-state index contributed by atoms with van der Waals surface area (Å²) in [6.07, 6.45) is 3.92. The van der Waals surface area contributed by atoms with Gasteiger partial charge < -0.3 is 19.2 Å². The standard InChI is InChI=1S/C20H32N2O4/c1-15(2)11-19(23)16-3-5-22(6-4-16)20(24)17-12-18(26-14-17)13-21-7-9-25-10-8-21/h12,14-16,19,23H,3-11,13H2,1-2H3/t19-/m0/s1. The van der Waals surface area contributed by atoms with E-state index in [9.17, 15) is 9.90 Å². The van der Waals surface area contributed by atoms with E-state index in [-0.39, 0.29) is 12.0 Å². The van der Waals surface area contributed by atoms with E-state index in [4.69, 9.17) is 9.15 Å². The predicted octanol–water partition coefficient (Wildman–Crippen LogP) is 2.37. The molecule has 0 radical (unpaired) electrons. The number of hydrogen-bond acceptors (Lipinski definition) is 5. The molecule has 3 rings (SSSR count). The quantitative estimate of drug-likeness (QED) is 0.839. The molecule has 0 unspecified atom stereocenters. The molecule has 2 aliphatic heterocycles. The van der Waals surface area contributed by atoms with Crippen LogP contribution < -0.4 is 0 Å². The summed E-state index contributed by atoms with van der Waals surface area (Å²) in [6, 6.07) is 1.87. The summed E-state index contributed by atoms with van der Waals surface area (Å²) >= 11 is 0. The van der Waals surface area contributed by atoms with E-state index in [1.165, 1.54) is 0 Å². The van der Waals surface area contributed by atoms with Gasteiger partial charge >= 0.3 is 0 Å². The minimum absolute atomic E-state index is 0.0405. The first-order chi connectivity index (χ1) is 12.5. The summed E-state index contributed by atoms with van der Waals surface area (Å²) in [5.74, 6) is 1.68. The zero-order valence-corrected chi connectivity index (χ0v) is 16.0. The van der Waals surface area contributed by atoms with Gasteiger partial charge in [-0.05, 0) is 37.2 Å². The summed E-state index contributed by atoms with van der Waals surface area (Å²) < 4.78 is 11.0. The van der Waals surface area contributed by atoms with Gasteiger partial charge in [0.15, 0.2) is 0 Å². The van der Waals surface area contributed by atoms with Gasteiger partial charge in [-0.2, -0.15) is 0 Å². The molecule has 6 heteroatoms. The molecular formula is C20H32N2O4. The number of morpholine rings is 1. The van der Waals surface area contributed by atoms with Crippen LogP contribution in [0, 0.1) is 11.8 Å². The van der Waals surface area contributed by atoms with Gasteiger partial charge in [0.2, 0.25) is 0 Å². The van der Waals surface area contributed by atoms with E-state index in [0.29, 0.717) is 30.5 Å². The lowest BCUT2D eigenvalue weighted by Gasteiger charge is -2.34. The molecule has 26 heavy (non-hydrogen) atoms. The highest BCUT2D eigenvalue weighted by Gasteiger charge is 2.29. The van der Waals surface area contributed by atoms with Crippen molar-refractivity contribution in [2.45, 2.75) is 45.8 Å². The first-order valence-electron chi connectivity index (χ1n) is 9.87. The number of ether oxygens (including phenoxy) is 1. The second-order valence-electron chi connectivity index (χ2n) is 8.02. The molecule has 0 saturated carbocycles. The van der Waals surface area contributed by atoms with Crippen molar-refractivity contribution in [2.75, 3.05) is 39.4 Å². The van der Waals surface area contributed by atoms with E-state index in [1.807, 2.05) is 11.0 Å². The molecule has 2 saturated heterocycles. The van der Waals surface area contributed by atoms with E-state index >= 15 is 0 Å². The third-order valence-corrected chi connectivity index (χ3v) is 5.47. The van der Waals surface area contributed by atoms with Gasteiger partial charge in [-0.25, -0.2) is 0 Å². The average Bonchev–Trinajstić information content (AvgIpc) is 3.10. The Morgan fingerprint density at radius 1 is 1.23 bits per heavy atom. The Labute approximate surface area is 156 Å². The summed E-state index contributed by atoms with van der Waals surface area (Å²) in [5, 5.41) is 10.3. The van der Waals surface area contributed by atoms with Crippen molar-refractivity contribution in [3.63, 3.8) is 0 Å². The van der Waals surface area contributed by atoms with Crippen LogP contribution in [0.4, 0.5) is 0 Å². The number of amides is 1. The van der Waals surface area contributed by atoms with Crippen molar-refractivity contribution in [3.05, 3.63) is 23.7 Å². The molecule has 0 spiro atoms. The van der Waals surface area contributed by atoms with Crippen molar-refractivity contribution in [3.8, 4) is 0 Å². The van der Waals surface area contributed by atoms with Crippen LogP contribution in [0.1, 0.15) is 49.2 Å². The summed E-state index contributed by atoms with van der Waals surface area (Å²) in [5.41, 5.74) is 0.634. The van der Waals surface area contributed by atoms with Crippen LogP contribution in [0.3, 0.4) is 0 Å². The Morgan fingerprint density at radius 3 is 2.58 bits per heavy atom. The number of carbonyl (C=O) groups is 1. The minimum Gasteiger partial charge on any atom is -0.467 e. The maximum absolute atomic E-state index is 12.7. The number of piperidine rings is 1. The number of nitrogens with zero attached hydrogens (tertiary/aromatic N) is 2. The first kappa shape index (κ1) is 19.4. The lowest BCUT2D eigenvalue weighted by atomic mass is 9.87. The van der Waals surface area contributed by atoms with Crippen LogP contribution in [0.5, 0.6) is 0 Å². The third-order valence-electron chi connectivity index (χ3n) is 5.47.